The summed E-state index contributed by atoms with van der Waals surface area (Å²) in [6, 6.07) is 6.17. The Balaban J connectivity index is 2.91. The monoisotopic (exact) mass is 209 g/mol. The summed E-state index contributed by atoms with van der Waals surface area (Å²) in [5.74, 6) is 1.36. The smallest absolute Gasteiger partial charge is 0.123 e. The van der Waals surface area contributed by atoms with Crippen LogP contribution < -0.4 is 10.1 Å². The minimum atomic E-state index is -0.0188. The minimum absolute atomic E-state index is 0.0188. The Kier molecular flexibility index (Phi) is 4.59. The second-order valence-electron chi connectivity index (χ2n) is 3.81. The van der Waals surface area contributed by atoms with Gasteiger partial charge in [0, 0.05) is 12.1 Å². The standard InChI is InChI=1S/C12H19NO2/c1-9(2)10-4-5-12(15-3)11(6-10)7-13-8-14/h4-6,9,13-14H,7-8H2,1-3H3. The third-order valence-corrected chi connectivity index (χ3v) is 2.40. The lowest BCUT2D eigenvalue weighted by molar-refractivity contribution is 0.258. The number of benzene rings is 1. The van der Waals surface area contributed by atoms with Crippen molar-refractivity contribution in [3.8, 4) is 5.75 Å². The van der Waals surface area contributed by atoms with Gasteiger partial charge >= 0.3 is 0 Å². The third-order valence-electron chi connectivity index (χ3n) is 2.40. The molecule has 1 aromatic rings. The van der Waals surface area contributed by atoms with Crippen LogP contribution in [0.1, 0.15) is 30.9 Å². The van der Waals surface area contributed by atoms with E-state index in [0.717, 1.165) is 11.3 Å². The van der Waals surface area contributed by atoms with Crippen molar-refractivity contribution >= 4 is 0 Å². The van der Waals surface area contributed by atoms with E-state index in [1.807, 2.05) is 6.07 Å². The average Bonchev–Trinajstić information content (AvgIpc) is 2.25. The van der Waals surface area contributed by atoms with Crippen LogP contribution in [-0.4, -0.2) is 18.9 Å². The molecule has 1 aromatic carbocycles. The summed E-state index contributed by atoms with van der Waals surface area (Å²) in [7, 11) is 1.66. The zero-order valence-corrected chi connectivity index (χ0v) is 9.58. The molecule has 3 nitrogen and oxygen atoms in total. The average molecular weight is 209 g/mol. The normalized spacial score (nSPS) is 10.7. The van der Waals surface area contributed by atoms with Gasteiger partial charge in [-0.25, -0.2) is 0 Å². The number of rotatable bonds is 5. The Bertz CT molecular complexity index is 310. The molecule has 0 aliphatic heterocycles. The molecule has 0 amide bonds. The SMILES string of the molecule is COc1ccc(C(C)C)cc1CNCO. The second kappa shape index (κ2) is 5.73. The Morgan fingerprint density at radius 2 is 2.13 bits per heavy atom. The van der Waals surface area contributed by atoms with Gasteiger partial charge in [-0.1, -0.05) is 26.0 Å². The van der Waals surface area contributed by atoms with E-state index in [9.17, 15) is 0 Å². The molecule has 15 heavy (non-hydrogen) atoms. The van der Waals surface area contributed by atoms with Gasteiger partial charge in [0.2, 0.25) is 0 Å². The van der Waals surface area contributed by atoms with Crippen LogP contribution >= 0.6 is 0 Å². The van der Waals surface area contributed by atoms with Crippen molar-refractivity contribution in [1.29, 1.82) is 0 Å². The zero-order chi connectivity index (χ0) is 11.3. The maximum atomic E-state index is 8.72. The highest BCUT2D eigenvalue weighted by Crippen LogP contribution is 2.23. The predicted molar refractivity (Wildman–Crippen MR) is 61.0 cm³/mol. The summed E-state index contributed by atoms with van der Waals surface area (Å²) >= 11 is 0. The van der Waals surface area contributed by atoms with Gasteiger partial charge in [-0.05, 0) is 17.5 Å². The van der Waals surface area contributed by atoms with Crippen molar-refractivity contribution in [2.45, 2.75) is 26.3 Å². The molecule has 0 spiro atoms. The number of nitrogens with one attached hydrogen (secondary N) is 1. The highest BCUT2D eigenvalue weighted by Gasteiger charge is 2.06. The number of aliphatic hydroxyl groups is 1. The lowest BCUT2D eigenvalue weighted by atomic mass is 10.0. The summed E-state index contributed by atoms with van der Waals surface area (Å²) < 4.78 is 5.26. The quantitative estimate of drug-likeness (QED) is 0.727. The molecule has 0 radical (unpaired) electrons. The van der Waals surface area contributed by atoms with Crippen LogP contribution in [0.15, 0.2) is 18.2 Å². The Hall–Kier alpha value is -1.06. The molecular formula is C12H19NO2. The molecule has 0 fully saturated rings. The molecule has 2 N–H and O–H groups in total. The molecule has 0 aliphatic rings. The van der Waals surface area contributed by atoms with E-state index in [0.29, 0.717) is 12.5 Å². The first-order valence-electron chi connectivity index (χ1n) is 5.17. The molecule has 0 saturated heterocycles. The van der Waals surface area contributed by atoms with E-state index in [2.05, 4.69) is 31.3 Å². The molecule has 3 heteroatoms. The first-order chi connectivity index (χ1) is 7.19. The Labute approximate surface area is 91.1 Å². The molecule has 0 bridgehead atoms. The first-order valence-corrected chi connectivity index (χ1v) is 5.17. The molecule has 0 heterocycles. The second-order valence-corrected chi connectivity index (χ2v) is 3.81. The number of hydrogen-bond donors (Lipinski definition) is 2. The van der Waals surface area contributed by atoms with Crippen LogP contribution in [0.4, 0.5) is 0 Å². The third kappa shape index (κ3) is 3.22. The minimum Gasteiger partial charge on any atom is -0.496 e. The van der Waals surface area contributed by atoms with Gasteiger partial charge in [-0.15, -0.1) is 0 Å². The summed E-state index contributed by atoms with van der Waals surface area (Å²) in [4.78, 5) is 0. The van der Waals surface area contributed by atoms with Crippen molar-refractivity contribution in [2.75, 3.05) is 13.8 Å². The van der Waals surface area contributed by atoms with Crippen molar-refractivity contribution < 1.29 is 9.84 Å². The van der Waals surface area contributed by atoms with Gasteiger partial charge in [0.25, 0.3) is 0 Å². The summed E-state index contributed by atoms with van der Waals surface area (Å²) in [5.41, 5.74) is 2.36. The fraction of sp³-hybridized carbons (Fsp3) is 0.500. The van der Waals surface area contributed by atoms with Gasteiger partial charge in [0.1, 0.15) is 5.75 Å². The first kappa shape index (κ1) is 12.0. The maximum absolute atomic E-state index is 8.72. The topological polar surface area (TPSA) is 41.5 Å². The molecule has 0 saturated carbocycles. The van der Waals surface area contributed by atoms with E-state index in [1.165, 1.54) is 5.56 Å². The molecule has 0 aromatic heterocycles. The highest BCUT2D eigenvalue weighted by molar-refractivity contribution is 5.38. The van der Waals surface area contributed by atoms with Crippen LogP contribution in [0.2, 0.25) is 0 Å². The summed E-state index contributed by atoms with van der Waals surface area (Å²) in [6.07, 6.45) is 0. The lowest BCUT2D eigenvalue weighted by Crippen LogP contribution is -2.14. The largest absolute Gasteiger partial charge is 0.496 e. The van der Waals surface area contributed by atoms with Gasteiger partial charge in [0.15, 0.2) is 0 Å². The van der Waals surface area contributed by atoms with E-state index in [1.54, 1.807) is 7.11 Å². The predicted octanol–water partition coefficient (Wildman–Crippen LogP) is 1.86. The highest BCUT2D eigenvalue weighted by atomic mass is 16.5. The van der Waals surface area contributed by atoms with Gasteiger partial charge in [-0.3, -0.25) is 5.32 Å². The molecule has 0 unspecified atom stereocenters. The fourth-order valence-corrected chi connectivity index (χ4v) is 1.49. The Morgan fingerprint density at radius 3 is 2.67 bits per heavy atom. The number of methoxy groups -OCH3 is 1. The summed E-state index contributed by atoms with van der Waals surface area (Å²) in [6.45, 7) is 4.92. The lowest BCUT2D eigenvalue weighted by Gasteiger charge is -2.12. The van der Waals surface area contributed by atoms with Crippen LogP contribution in [0.5, 0.6) is 5.75 Å². The molecule has 0 atom stereocenters. The maximum Gasteiger partial charge on any atom is 0.123 e. The Morgan fingerprint density at radius 1 is 1.40 bits per heavy atom. The van der Waals surface area contributed by atoms with Crippen LogP contribution in [0, 0.1) is 0 Å². The fourth-order valence-electron chi connectivity index (χ4n) is 1.49. The van der Waals surface area contributed by atoms with E-state index in [4.69, 9.17) is 9.84 Å². The van der Waals surface area contributed by atoms with E-state index >= 15 is 0 Å². The van der Waals surface area contributed by atoms with Crippen LogP contribution in [0.25, 0.3) is 0 Å². The van der Waals surface area contributed by atoms with E-state index in [-0.39, 0.29) is 6.73 Å². The van der Waals surface area contributed by atoms with Crippen molar-refractivity contribution in [3.63, 3.8) is 0 Å². The molecule has 0 aliphatic carbocycles. The van der Waals surface area contributed by atoms with Crippen molar-refractivity contribution in [3.05, 3.63) is 29.3 Å². The number of ether oxygens (including phenoxy) is 1. The molecule has 84 valence electrons. The molecular weight excluding hydrogens is 190 g/mol. The van der Waals surface area contributed by atoms with E-state index < -0.39 is 0 Å². The van der Waals surface area contributed by atoms with Crippen LogP contribution in [-0.2, 0) is 6.54 Å². The zero-order valence-electron chi connectivity index (χ0n) is 9.58. The summed E-state index contributed by atoms with van der Waals surface area (Å²) in [5, 5.41) is 11.6. The van der Waals surface area contributed by atoms with Gasteiger partial charge in [-0.2, -0.15) is 0 Å². The van der Waals surface area contributed by atoms with Crippen LogP contribution in [0.3, 0.4) is 0 Å². The number of aliphatic hydroxyl groups excluding tert-OH is 1. The molecule has 1 rings (SSSR count). The van der Waals surface area contributed by atoms with Crippen molar-refractivity contribution in [1.82, 2.24) is 5.32 Å². The number of hydrogen-bond acceptors (Lipinski definition) is 3. The van der Waals surface area contributed by atoms with Crippen molar-refractivity contribution in [2.24, 2.45) is 0 Å². The van der Waals surface area contributed by atoms with Gasteiger partial charge < -0.3 is 9.84 Å². The van der Waals surface area contributed by atoms with Gasteiger partial charge in [0.05, 0.1) is 13.8 Å².